The molecule has 0 fully saturated rings. The van der Waals surface area contributed by atoms with Crippen molar-refractivity contribution in [2.75, 3.05) is 5.73 Å². The maximum Gasteiger partial charge on any atom is 0.328 e. The Morgan fingerprint density at radius 2 is 1.68 bits per heavy atom. The number of hydrogen-bond acceptors (Lipinski definition) is 3. The van der Waals surface area contributed by atoms with Gasteiger partial charge in [-0.3, -0.25) is 0 Å². The molecule has 0 atom stereocenters. The van der Waals surface area contributed by atoms with Gasteiger partial charge >= 0.3 is 5.97 Å². The van der Waals surface area contributed by atoms with E-state index in [9.17, 15) is 9.18 Å². The fourth-order valence-electron chi connectivity index (χ4n) is 3.51. The van der Waals surface area contributed by atoms with E-state index in [2.05, 4.69) is 0 Å². The largest absolute Gasteiger partial charge is 0.478 e. The first kappa shape index (κ1) is 21.7. The number of anilines is 1. The lowest BCUT2D eigenvalue weighted by atomic mass is 9.87. The zero-order valence-electron chi connectivity index (χ0n) is 17.1. The zero-order chi connectivity index (χ0) is 22.4. The zero-order valence-corrected chi connectivity index (χ0v) is 17.1. The highest BCUT2D eigenvalue weighted by Crippen LogP contribution is 2.36. The van der Waals surface area contributed by atoms with Crippen LogP contribution in [0.2, 0.25) is 0 Å². The molecule has 0 aliphatic heterocycles. The normalized spacial score (nSPS) is 11.9. The molecule has 0 radical (unpaired) electrons. The van der Waals surface area contributed by atoms with Gasteiger partial charge in [0.15, 0.2) is 0 Å². The molecule has 4 nitrogen and oxygen atoms in total. The van der Waals surface area contributed by atoms with Crippen LogP contribution in [-0.2, 0) is 4.79 Å². The quantitative estimate of drug-likeness (QED) is 0.195. The van der Waals surface area contributed by atoms with E-state index < -0.39 is 11.8 Å². The lowest BCUT2D eigenvalue weighted by molar-refractivity contribution is -0.131. The van der Waals surface area contributed by atoms with E-state index in [1.165, 1.54) is 18.4 Å². The van der Waals surface area contributed by atoms with Gasteiger partial charge in [0.1, 0.15) is 5.82 Å². The van der Waals surface area contributed by atoms with Gasteiger partial charge in [-0.15, -0.1) is 0 Å². The average molecular weight is 414 g/mol. The van der Waals surface area contributed by atoms with Crippen molar-refractivity contribution in [1.29, 1.82) is 5.41 Å². The Hall–Kier alpha value is -3.99. The van der Waals surface area contributed by atoms with Crippen LogP contribution in [0.25, 0.3) is 17.2 Å². The minimum Gasteiger partial charge on any atom is -0.478 e. The number of aliphatic carboxylic acids is 1. The van der Waals surface area contributed by atoms with Crippen LogP contribution in [-0.4, -0.2) is 17.3 Å². The highest BCUT2D eigenvalue weighted by Gasteiger charge is 2.15. The van der Waals surface area contributed by atoms with Gasteiger partial charge in [0.05, 0.1) is 0 Å². The Balaban J connectivity index is 2.27. The van der Waals surface area contributed by atoms with Crippen LogP contribution >= 0.6 is 0 Å². The molecular weight excluding hydrogens is 391 g/mol. The first-order valence-corrected chi connectivity index (χ1v) is 9.84. The van der Waals surface area contributed by atoms with E-state index in [0.717, 1.165) is 28.3 Å². The van der Waals surface area contributed by atoms with Crippen LogP contribution in [0.3, 0.4) is 0 Å². The number of nitrogen functional groups attached to an aromatic ring is 1. The third-order valence-electron chi connectivity index (χ3n) is 5.00. The standard InChI is InChI=1S/C26H23FN2O2/c1-2-22(17-6-4-3-5-7-17)26(19-10-12-24(29)21(14-19)16-28)20-9-8-18(23(27)15-20)11-13-25(30)31/h3-16,28H,2,29H2,1H3,(H,30,31)/b13-11+,26-22-,28-16?. The number of carboxylic acid groups (broad SMARTS) is 1. The monoisotopic (exact) mass is 414 g/mol. The Kier molecular flexibility index (Phi) is 6.78. The molecule has 0 bridgehead atoms. The number of nitrogens with one attached hydrogen (secondary N) is 1. The average Bonchev–Trinajstić information content (AvgIpc) is 2.77. The maximum absolute atomic E-state index is 14.8. The van der Waals surface area contributed by atoms with Crippen LogP contribution in [0.15, 0.2) is 72.8 Å². The highest BCUT2D eigenvalue weighted by molar-refractivity contribution is 6.00. The second-order valence-electron chi connectivity index (χ2n) is 6.97. The molecule has 0 saturated carbocycles. The molecule has 31 heavy (non-hydrogen) atoms. The summed E-state index contributed by atoms with van der Waals surface area (Å²) >= 11 is 0. The molecular formula is C26H23FN2O2. The molecule has 0 aliphatic carbocycles. The maximum atomic E-state index is 14.8. The third-order valence-corrected chi connectivity index (χ3v) is 5.00. The molecule has 3 aromatic rings. The molecule has 3 rings (SSSR count). The molecule has 0 saturated heterocycles. The Bertz CT molecular complexity index is 1180. The smallest absolute Gasteiger partial charge is 0.328 e. The van der Waals surface area contributed by atoms with Gasteiger partial charge in [-0.1, -0.05) is 55.5 Å². The van der Waals surface area contributed by atoms with Crippen molar-refractivity contribution < 1.29 is 14.3 Å². The molecule has 0 unspecified atom stereocenters. The number of benzene rings is 3. The highest BCUT2D eigenvalue weighted by atomic mass is 19.1. The second kappa shape index (κ2) is 9.67. The van der Waals surface area contributed by atoms with Crippen LogP contribution in [0.5, 0.6) is 0 Å². The van der Waals surface area contributed by atoms with Crippen molar-refractivity contribution in [3.63, 3.8) is 0 Å². The van der Waals surface area contributed by atoms with Gasteiger partial charge in [0.2, 0.25) is 0 Å². The summed E-state index contributed by atoms with van der Waals surface area (Å²) in [6, 6.07) is 20.1. The van der Waals surface area contributed by atoms with Gasteiger partial charge in [-0.25, -0.2) is 9.18 Å². The van der Waals surface area contributed by atoms with Crippen molar-refractivity contribution in [3.8, 4) is 0 Å². The number of nitrogens with two attached hydrogens (primary N) is 1. The summed E-state index contributed by atoms with van der Waals surface area (Å²) in [5.74, 6) is -1.65. The van der Waals surface area contributed by atoms with Crippen LogP contribution < -0.4 is 5.73 Å². The lowest BCUT2D eigenvalue weighted by Gasteiger charge is -2.18. The van der Waals surface area contributed by atoms with Crippen molar-refractivity contribution >= 4 is 35.1 Å². The van der Waals surface area contributed by atoms with Crippen LogP contribution in [0.1, 0.15) is 41.2 Å². The predicted octanol–water partition coefficient (Wildman–Crippen LogP) is 5.87. The van der Waals surface area contributed by atoms with E-state index in [1.807, 2.05) is 49.4 Å². The number of hydrogen-bond donors (Lipinski definition) is 3. The van der Waals surface area contributed by atoms with E-state index in [-0.39, 0.29) is 5.56 Å². The fourth-order valence-corrected chi connectivity index (χ4v) is 3.51. The molecule has 0 aromatic heterocycles. The van der Waals surface area contributed by atoms with Gasteiger partial charge in [0.25, 0.3) is 0 Å². The topological polar surface area (TPSA) is 87.2 Å². The number of rotatable bonds is 7. The first-order valence-electron chi connectivity index (χ1n) is 9.84. The Morgan fingerprint density at radius 3 is 2.29 bits per heavy atom. The molecule has 0 aliphatic rings. The minimum atomic E-state index is -1.14. The fraction of sp³-hybridized carbons (Fsp3) is 0.0769. The molecule has 3 aromatic carbocycles. The summed E-state index contributed by atoms with van der Waals surface area (Å²) in [6.07, 6.45) is 4.04. The van der Waals surface area contributed by atoms with Gasteiger partial charge < -0.3 is 16.2 Å². The second-order valence-corrected chi connectivity index (χ2v) is 6.97. The number of carbonyl (C=O) groups is 1. The lowest BCUT2D eigenvalue weighted by Crippen LogP contribution is -1.99. The van der Waals surface area contributed by atoms with Crippen LogP contribution in [0.4, 0.5) is 10.1 Å². The Morgan fingerprint density at radius 1 is 1.00 bits per heavy atom. The minimum absolute atomic E-state index is 0.195. The van der Waals surface area contributed by atoms with Gasteiger partial charge in [-0.05, 0) is 58.5 Å². The first-order chi connectivity index (χ1) is 14.9. The summed E-state index contributed by atoms with van der Waals surface area (Å²) in [5, 5.41) is 16.5. The van der Waals surface area contributed by atoms with E-state index in [0.29, 0.717) is 23.2 Å². The number of allylic oxidation sites excluding steroid dienone is 1. The summed E-state index contributed by atoms with van der Waals surface area (Å²) in [4.78, 5) is 10.8. The van der Waals surface area contributed by atoms with E-state index >= 15 is 0 Å². The van der Waals surface area contributed by atoms with Crippen molar-refractivity contribution in [3.05, 3.63) is 106 Å². The van der Waals surface area contributed by atoms with E-state index in [4.69, 9.17) is 16.2 Å². The predicted molar refractivity (Wildman–Crippen MR) is 124 cm³/mol. The summed E-state index contributed by atoms with van der Waals surface area (Å²) in [7, 11) is 0. The molecule has 5 heteroatoms. The molecule has 4 N–H and O–H groups in total. The van der Waals surface area contributed by atoms with Crippen molar-refractivity contribution in [2.45, 2.75) is 13.3 Å². The SMILES string of the molecule is CC/C(=C(/c1ccc(/C=C/C(=O)O)c(F)c1)c1ccc(N)c(C=N)c1)c1ccccc1. The van der Waals surface area contributed by atoms with E-state index in [1.54, 1.807) is 18.2 Å². The van der Waals surface area contributed by atoms with Crippen molar-refractivity contribution in [2.24, 2.45) is 0 Å². The van der Waals surface area contributed by atoms with Crippen LogP contribution in [0, 0.1) is 11.2 Å². The van der Waals surface area contributed by atoms with Crippen molar-refractivity contribution in [1.82, 2.24) is 0 Å². The molecule has 0 amide bonds. The van der Waals surface area contributed by atoms with Gasteiger partial charge in [0, 0.05) is 29.1 Å². The number of carboxylic acids is 1. The molecule has 0 spiro atoms. The van der Waals surface area contributed by atoms with Gasteiger partial charge in [-0.2, -0.15) is 0 Å². The summed E-state index contributed by atoms with van der Waals surface area (Å²) in [5.41, 5.74) is 11.6. The third kappa shape index (κ3) is 4.95. The number of halogens is 1. The summed E-state index contributed by atoms with van der Waals surface area (Å²) < 4.78 is 14.8. The Labute approximate surface area is 180 Å². The summed E-state index contributed by atoms with van der Waals surface area (Å²) in [6.45, 7) is 2.04. The molecule has 0 heterocycles. The molecule has 156 valence electrons.